The van der Waals surface area contributed by atoms with Crippen LogP contribution in [0.15, 0.2) is 18.2 Å². The van der Waals surface area contributed by atoms with Crippen molar-refractivity contribution >= 4 is 0 Å². The van der Waals surface area contributed by atoms with Crippen LogP contribution >= 0.6 is 0 Å². The highest BCUT2D eigenvalue weighted by Crippen LogP contribution is 2.10. The van der Waals surface area contributed by atoms with Gasteiger partial charge in [0.1, 0.15) is 5.82 Å². The lowest BCUT2D eigenvalue weighted by Gasteiger charge is -2.29. The Bertz CT molecular complexity index is 480. The molecule has 0 saturated carbocycles. The molecule has 2 rings (SSSR count). The molecule has 0 amide bonds. The number of ether oxygens (including phenoxy) is 1. The van der Waals surface area contributed by atoms with E-state index in [4.69, 9.17) is 10.00 Å². The third kappa shape index (κ3) is 4.27. The summed E-state index contributed by atoms with van der Waals surface area (Å²) in [5, 5.41) is 12.4. The molecule has 1 unspecified atom stereocenters. The van der Waals surface area contributed by atoms with Gasteiger partial charge in [-0.1, -0.05) is 0 Å². The number of hydrogen-bond acceptors (Lipinski definition) is 4. The Morgan fingerprint density at radius 1 is 1.45 bits per heavy atom. The Morgan fingerprint density at radius 2 is 2.20 bits per heavy atom. The number of benzene rings is 1. The van der Waals surface area contributed by atoms with E-state index in [9.17, 15) is 4.39 Å². The molecular formula is C15H20FN3O. The molecule has 1 heterocycles. The first-order chi connectivity index (χ1) is 9.69. The molecular weight excluding hydrogens is 257 g/mol. The molecule has 0 aromatic heterocycles. The maximum Gasteiger partial charge on any atom is 0.123 e. The quantitative estimate of drug-likeness (QED) is 0.886. The number of nitriles is 1. The van der Waals surface area contributed by atoms with Crippen molar-refractivity contribution in [2.75, 3.05) is 32.8 Å². The first-order valence-electron chi connectivity index (χ1n) is 6.91. The normalized spacial score (nSPS) is 17.6. The predicted molar refractivity (Wildman–Crippen MR) is 74.7 cm³/mol. The van der Waals surface area contributed by atoms with Gasteiger partial charge in [0.2, 0.25) is 0 Å². The molecule has 1 N–H and O–H groups in total. The summed E-state index contributed by atoms with van der Waals surface area (Å²) in [6.07, 6.45) is 0. The minimum atomic E-state index is -0.304. The topological polar surface area (TPSA) is 48.3 Å². The second-order valence-electron chi connectivity index (χ2n) is 5.11. The van der Waals surface area contributed by atoms with Gasteiger partial charge in [-0.25, -0.2) is 4.39 Å². The highest BCUT2D eigenvalue weighted by Gasteiger charge is 2.13. The minimum Gasteiger partial charge on any atom is -0.379 e. The average molecular weight is 277 g/mol. The third-order valence-electron chi connectivity index (χ3n) is 3.46. The number of nitrogens with zero attached hydrogens (tertiary/aromatic N) is 2. The van der Waals surface area contributed by atoms with E-state index >= 15 is 0 Å². The van der Waals surface area contributed by atoms with Crippen molar-refractivity contribution < 1.29 is 9.13 Å². The molecule has 1 atom stereocenters. The van der Waals surface area contributed by atoms with Gasteiger partial charge in [0.15, 0.2) is 0 Å². The van der Waals surface area contributed by atoms with Crippen LogP contribution in [0.4, 0.5) is 4.39 Å². The highest BCUT2D eigenvalue weighted by molar-refractivity contribution is 5.37. The molecule has 0 aliphatic carbocycles. The zero-order valence-electron chi connectivity index (χ0n) is 11.7. The van der Waals surface area contributed by atoms with Crippen LogP contribution in [0.3, 0.4) is 0 Å². The fourth-order valence-corrected chi connectivity index (χ4v) is 2.34. The Morgan fingerprint density at radius 3 is 2.90 bits per heavy atom. The molecule has 1 fully saturated rings. The summed E-state index contributed by atoms with van der Waals surface area (Å²) in [5.74, 6) is -0.304. The molecule has 4 nitrogen and oxygen atoms in total. The average Bonchev–Trinajstić information content (AvgIpc) is 2.46. The van der Waals surface area contributed by atoms with E-state index < -0.39 is 0 Å². The summed E-state index contributed by atoms with van der Waals surface area (Å²) < 4.78 is 18.5. The highest BCUT2D eigenvalue weighted by atomic mass is 19.1. The van der Waals surface area contributed by atoms with Crippen molar-refractivity contribution in [2.45, 2.75) is 19.5 Å². The van der Waals surface area contributed by atoms with Gasteiger partial charge >= 0.3 is 0 Å². The van der Waals surface area contributed by atoms with E-state index in [2.05, 4.69) is 23.2 Å². The van der Waals surface area contributed by atoms with E-state index in [1.54, 1.807) is 0 Å². The molecule has 0 spiro atoms. The van der Waals surface area contributed by atoms with E-state index in [-0.39, 0.29) is 11.9 Å². The van der Waals surface area contributed by atoms with Crippen LogP contribution in [0.5, 0.6) is 0 Å². The Balaban J connectivity index is 1.85. The Hall–Kier alpha value is -1.48. The summed E-state index contributed by atoms with van der Waals surface area (Å²) in [4.78, 5) is 2.35. The molecule has 0 radical (unpaired) electrons. The first kappa shape index (κ1) is 14.9. The van der Waals surface area contributed by atoms with Crippen LogP contribution in [-0.2, 0) is 11.3 Å². The van der Waals surface area contributed by atoms with Crippen molar-refractivity contribution in [1.29, 1.82) is 5.26 Å². The van der Waals surface area contributed by atoms with Crippen molar-refractivity contribution in [3.63, 3.8) is 0 Å². The third-order valence-corrected chi connectivity index (χ3v) is 3.46. The molecule has 20 heavy (non-hydrogen) atoms. The lowest BCUT2D eigenvalue weighted by Crippen LogP contribution is -2.44. The van der Waals surface area contributed by atoms with Gasteiger partial charge in [0.25, 0.3) is 0 Å². The van der Waals surface area contributed by atoms with Crippen molar-refractivity contribution in [3.8, 4) is 6.07 Å². The van der Waals surface area contributed by atoms with Gasteiger partial charge in [0, 0.05) is 32.2 Å². The molecule has 1 aliphatic rings. The van der Waals surface area contributed by atoms with Gasteiger partial charge in [-0.3, -0.25) is 4.90 Å². The molecule has 1 aromatic carbocycles. The standard InChI is InChI=1S/C15H20FN3O/c1-12(11-19-4-6-20-7-5-19)18-10-14-8-15(16)3-2-13(14)9-17/h2-3,8,12,18H,4-7,10-11H2,1H3. The van der Waals surface area contributed by atoms with E-state index in [1.165, 1.54) is 18.2 Å². The zero-order chi connectivity index (χ0) is 14.4. The molecule has 108 valence electrons. The summed E-state index contributed by atoms with van der Waals surface area (Å²) >= 11 is 0. The van der Waals surface area contributed by atoms with Crippen molar-refractivity contribution in [1.82, 2.24) is 10.2 Å². The van der Waals surface area contributed by atoms with Crippen LogP contribution in [0.1, 0.15) is 18.1 Å². The number of halogens is 1. The smallest absolute Gasteiger partial charge is 0.123 e. The van der Waals surface area contributed by atoms with Crippen LogP contribution in [0.25, 0.3) is 0 Å². The molecule has 1 aliphatic heterocycles. The largest absolute Gasteiger partial charge is 0.379 e. The molecule has 1 aromatic rings. The van der Waals surface area contributed by atoms with Crippen LogP contribution < -0.4 is 5.32 Å². The van der Waals surface area contributed by atoms with Crippen molar-refractivity contribution in [3.05, 3.63) is 35.1 Å². The first-order valence-corrected chi connectivity index (χ1v) is 6.91. The molecule has 0 bridgehead atoms. The van der Waals surface area contributed by atoms with E-state index in [1.807, 2.05) is 0 Å². The van der Waals surface area contributed by atoms with Gasteiger partial charge in [0.05, 0.1) is 24.8 Å². The summed E-state index contributed by atoms with van der Waals surface area (Å²) in [5.41, 5.74) is 1.24. The van der Waals surface area contributed by atoms with E-state index in [0.717, 1.165) is 32.8 Å². The lowest BCUT2D eigenvalue weighted by molar-refractivity contribution is 0.0343. The molecule has 1 saturated heterocycles. The predicted octanol–water partition coefficient (Wildman–Crippen LogP) is 1.51. The van der Waals surface area contributed by atoms with Crippen LogP contribution in [-0.4, -0.2) is 43.8 Å². The maximum atomic E-state index is 13.2. The fraction of sp³-hybridized carbons (Fsp3) is 0.533. The zero-order valence-corrected chi connectivity index (χ0v) is 11.7. The monoisotopic (exact) mass is 277 g/mol. The number of hydrogen-bond donors (Lipinski definition) is 1. The second kappa shape index (κ2) is 7.34. The second-order valence-corrected chi connectivity index (χ2v) is 5.11. The van der Waals surface area contributed by atoms with E-state index in [0.29, 0.717) is 17.7 Å². The number of morpholine rings is 1. The van der Waals surface area contributed by atoms with Gasteiger partial charge in [-0.2, -0.15) is 5.26 Å². The van der Waals surface area contributed by atoms with Crippen molar-refractivity contribution in [2.24, 2.45) is 0 Å². The summed E-state index contributed by atoms with van der Waals surface area (Å²) in [6.45, 7) is 7.02. The lowest BCUT2D eigenvalue weighted by atomic mass is 10.1. The Labute approximate surface area is 119 Å². The summed E-state index contributed by atoms with van der Waals surface area (Å²) in [7, 11) is 0. The fourth-order valence-electron chi connectivity index (χ4n) is 2.34. The van der Waals surface area contributed by atoms with Gasteiger partial charge < -0.3 is 10.1 Å². The maximum absolute atomic E-state index is 13.2. The number of nitrogens with one attached hydrogen (secondary N) is 1. The van der Waals surface area contributed by atoms with Crippen LogP contribution in [0, 0.1) is 17.1 Å². The van der Waals surface area contributed by atoms with Gasteiger partial charge in [-0.15, -0.1) is 0 Å². The minimum absolute atomic E-state index is 0.280. The van der Waals surface area contributed by atoms with Gasteiger partial charge in [-0.05, 0) is 30.7 Å². The molecule has 5 heteroatoms. The van der Waals surface area contributed by atoms with Crippen LogP contribution in [0.2, 0.25) is 0 Å². The number of rotatable bonds is 5. The Kier molecular flexibility index (Phi) is 5.48. The summed E-state index contributed by atoms with van der Waals surface area (Å²) in [6, 6.07) is 6.64. The SMILES string of the molecule is CC(CN1CCOCC1)NCc1cc(F)ccc1C#N.